The molecule has 1 nitrogen and oxygen atoms in total. The fraction of sp³-hybridized carbons (Fsp3) is 1.00. The molecule has 0 spiro atoms. The molecule has 0 unspecified atom stereocenters. The molecule has 3 radical (unpaired) electrons. The molecule has 0 saturated carbocycles. The molecule has 0 bridgehead atoms. The normalized spacial score (nSPS) is 7.60. The second kappa shape index (κ2) is 29.2. The summed E-state index contributed by atoms with van der Waals surface area (Å²) in [5, 5.41) is 0. The Morgan fingerprint density at radius 1 is 0.867 bits per heavy atom. The molecule has 0 heterocycles. The molecule has 0 aliphatic carbocycles. The van der Waals surface area contributed by atoms with E-state index in [4.69, 9.17) is 4.74 Å². The van der Waals surface area contributed by atoms with Crippen molar-refractivity contribution in [3.8, 4) is 0 Å². The van der Waals surface area contributed by atoms with Crippen LogP contribution < -0.4 is 0 Å². The van der Waals surface area contributed by atoms with E-state index in [9.17, 15) is 0 Å². The van der Waals surface area contributed by atoms with Gasteiger partial charge in [-0.25, -0.2) is 0 Å². The average molecular weight is 209 g/mol. The van der Waals surface area contributed by atoms with Crippen LogP contribution in [0.25, 0.3) is 0 Å². The van der Waals surface area contributed by atoms with E-state index >= 15 is 0 Å². The molecule has 15 heavy (non-hydrogen) atoms. The molecule has 0 aromatic heterocycles. The molecule has 0 rings (SSSR count). The van der Waals surface area contributed by atoms with Crippen LogP contribution in [-0.2, 0) is 4.74 Å². The first-order chi connectivity index (χ1) is 7.24. The van der Waals surface area contributed by atoms with Gasteiger partial charge < -0.3 is 4.74 Å². The van der Waals surface area contributed by atoms with Crippen molar-refractivity contribution in [2.24, 2.45) is 0 Å². The Morgan fingerprint density at radius 2 is 1.33 bits per heavy atom. The molecule has 0 saturated heterocycles. The van der Waals surface area contributed by atoms with Gasteiger partial charge in [0.1, 0.15) is 21.8 Å². The van der Waals surface area contributed by atoms with Crippen LogP contribution >= 0.6 is 0 Å². The quantitative estimate of drug-likeness (QED) is 0.479. The van der Waals surface area contributed by atoms with Crippen molar-refractivity contribution in [3.05, 3.63) is 0 Å². The lowest BCUT2D eigenvalue weighted by Crippen LogP contribution is -1.96. The van der Waals surface area contributed by atoms with Gasteiger partial charge in [-0.1, -0.05) is 53.8 Å². The van der Waals surface area contributed by atoms with Gasteiger partial charge in [0, 0.05) is 13.2 Å². The number of hydrogen-bond acceptors (Lipinski definition) is 1. The third-order valence-corrected chi connectivity index (χ3v) is 1.31. The summed E-state index contributed by atoms with van der Waals surface area (Å²) in [7, 11) is 6.25. The molecule has 87 valence electrons. The third kappa shape index (κ3) is 55.2. The summed E-state index contributed by atoms with van der Waals surface area (Å²) in [6, 6.07) is 0. The zero-order valence-corrected chi connectivity index (χ0v) is 11.7. The topological polar surface area (TPSA) is 9.23 Å². The van der Waals surface area contributed by atoms with E-state index in [0.29, 0.717) is 0 Å². The lowest BCUT2D eigenvalue weighted by atomic mass is 9.79. The van der Waals surface area contributed by atoms with Gasteiger partial charge >= 0.3 is 0 Å². The third-order valence-electron chi connectivity index (χ3n) is 1.31. The number of rotatable bonds is 6. The van der Waals surface area contributed by atoms with Gasteiger partial charge in [0.15, 0.2) is 0 Å². The Bertz CT molecular complexity index is 64.9. The van der Waals surface area contributed by atoms with Crippen molar-refractivity contribution in [3.63, 3.8) is 0 Å². The van der Waals surface area contributed by atoms with E-state index in [2.05, 4.69) is 42.1 Å². The van der Waals surface area contributed by atoms with Crippen molar-refractivity contribution < 1.29 is 4.74 Å². The van der Waals surface area contributed by atoms with Crippen molar-refractivity contribution >= 4 is 21.8 Å². The maximum absolute atomic E-state index is 5.19. The van der Waals surface area contributed by atoms with Crippen molar-refractivity contribution in [1.82, 2.24) is 0 Å². The first-order valence-corrected chi connectivity index (χ1v) is 6.12. The van der Waals surface area contributed by atoms with Crippen LogP contribution in [0.3, 0.4) is 0 Å². The maximum Gasteiger partial charge on any atom is 0.108 e. The molecule has 0 N–H and O–H groups in total. The molecular weight excluding hydrogens is 181 g/mol. The lowest BCUT2D eigenvalue weighted by Gasteiger charge is -1.97. The van der Waals surface area contributed by atoms with Crippen LogP contribution in [0.15, 0.2) is 0 Å². The van der Waals surface area contributed by atoms with Gasteiger partial charge in [-0.15, -0.1) is 0 Å². The van der Waals surface area contributed by atoms with Crippen LogP contribution in [0.1, 0.15) is 20.3 Å². The minimum Gasteiger partial charge on any atom is -0.382 e. The van der Waals surface area contributed by atoms with Crippen LogP contribution in [0.5, 0.6) is 0 Å². The monoisotopic (exact) mass is 209 g/mol. The van der Waals surface area contributed by atoms with Crippen LogP contribution in [0, 0.1) is 0 Å². The standard InChI is InChI=1S/C6H14BO.C3H8B.C2H6B/c1-3-5-8-6-4-7-2;1-3-4-2;1-3-2/h3-6H2,1-2H3;3H2,1-2H3;1-2H3. The fourth-order valence-electron chi connectivity index (χ4n) is 0.448. The van der Waals surface area contributed by atoms with Crippen LogP contribution in [0.2, 0.25) is 39.9 Å². The van der Waals surface area contributed by atoms with E-state index in [1.165, 1.54) is 6.32 Å². The second-order valence-corrected chi connectivity index (χ2v) is 3.20. The van der Waals surface area contributed by atoms with E-state index in [1.54, 1.807) is 0 Å². The Labute approximate surface area is 100 Å². The average Bonchev–Trinajstić information content (AvgIpc) is 2.26. The number of hydrogen-bond donors (Lipinski definition) is 0. The Balaban J connectivity index is -0.000000173. The Morgan fingerprint density at radius 3 is 1.60 bits per heavy atom. The largest absolute Gasteiger partial charge is 0.382 e. The zero-order chi connectivity index (χ0) is 12.4. The van der Waals surface area contributed by atoms with Crippen molar-refractivity contribution in [1.29, 1.82) is 0 Å². The van der Waals surface area contributed by atoms with Gasteiger partial charge in [-0.3, -0.25) is 0 Å². The molecule has 4 heteroatoms. The molecule has 0 atom stereocenters. The SMILES string of the molecule is C[B]C.C[B]CC.C[B]CCOCCC. The molecule has 0 amide bonds. The predicted octanol–water partition coefficient (Wildman–Crippen LogP) is 3.55. The summed E-state index contributed by atoms with van der Waals surface area (Å²) in [6.07, 6.45) is 3.41. The molecule has 0 fully saturated rings. The molecule has 0 aromatic rings. The molecule has 0 aliphatic rings. The van der Waals surface area contributed by atoms with Crippen LogP contribution in [0.4, 0.5) is 0 Å². The molecule has 0 aliphatic heterocycles. The fourth-order valence-corrected chi connectivity index (χ4v) is 0.448. The summed E-state index contributed by atoms with van der Waals surface area (Å²) in [5.74, 6) is 0. The van der Waals surface area contributed by atoms with Gasteiger partial charge in [0.2, 0.25) is 0 Å². The Hall–Kier alpha value is 0.155. The highest BCUT2D eigenvalue weighted by Gasteiger charge is 1.83. The van der Waals surface area contributed by atoms with Gasteiger partial charge in [0.05, 0.1) is 0 Å². The summed E-state index contributed by atoms with van der Waals surface area (Å²) >= 11 is 0. The highest BCUT2D eigenvalue weighted by Crippen LogP contribution is 1.83. The summed E-state index contributed by atoms with van der Waals surface area (Å²) in [6.45, 7) is 14.2. The first kappa shape index (κ1) is 20.6. The zero-order valence-electron chi connectivity index (χ0n) is 11.7. The highest BCUT2D eigenvalue weighted by molar-refractivity contribution is 6.33. The highest BCUT2D eigenvalue weighted by atomic mass is 16.5. The summed E-state index contributed by atoms with van der Waals surface area (Å²) < 4.78 is 5.19. The van der Waals surface area contributed by atoms with Crippen LogP contribution in [-0.4, -0.2) is 35.1 Å². The summed E-state index contributed by atoms with van der Waals surface area (Å²) in [4.78, 5) is 0. The van der Waals surface area contributed by atoms with Gasteiger partial charge in [0.25, 0.3) is 0 Å². The second-order valence-electron chi connectivity index (χ2n) is 3.20. The number of ether oxygens (including phenoxy) is 1. The predicted molar refractivity (Wildman–Crippen MR) is 77.1 cm³/mol. The first-order valence-electron chi connectivity index (χ1n) is 6.12. The minimum atomic E-state index is 0.893. The lowest BCUT2D eigenvalue weighted by molar-refractivity contribution is 0.148. The smallest absolute Gasteiger partial charge is 0.108 e. The van der Waals surface area contributed by atoms with Gasteiger partial charge in [-0.05, 0) is 6.42 Å². The van der Waals surface area contributed by atoms with E-state index in [-0.39, 0.29) is 0 Å². The van der Waals surface area contributed by atoms with Crippen molar-refractivity contribution in [2.45, 2.75) is 60.2 Å². The Kier molecular flexibility index (Phi) is 40.0. The van der Waals surface area contributed by atoms with Gasteiger partial charge in [-0.2, -0.15) is 0 Å². The maximum atomic E-state index is 5.19. The minimum absolute atomic E-state index is 0.893. The molecule has 0 aromatic carbocycles. The van der Waals surface area contributed by atoms with E-state index in [0.717, 1.165) is 26.0 Å². The molecular formula is C11H28B3O. The van der Waals surface area contributed by atoms with Crippen molar-refractivity contribution in [2.75, 3.05) is 13.2 Å². The van der Waals surface area contributed by atoms with E-state index < -0.39 is 0 Å². The van der Waals surface area contributed by atoms with E-state index in [1.807, 2.05) is 20.9 Å². The summed E-state index contributed by atoms with van der Waals surface area (Å²) in [5.41, 5.74) is 0.